The second-order valence-corrected chi connectivity index (χ2v) is 6.38. The van der Waals surface area contributed by atoms with Gasteiger partial charge >= 0.3 is 11.9 Å². The molecule has 0 fully saturated rings. The topological polar surface area (TPSA) is 97.5 Å². The minimum Gasteiger partial charge on any atom is -0.467 e. The minimum absolute atomic E-state index is 0.123. The van der Waals surface area contributed by atoms with Crippen molar-refractivity contribution in [2.45, 2.75) is 12.5 Å². The van der Waals surface area contributed by atoms with Gasteiger partial charge in [-0.05, 0) is 23.8 Å². The molecule has 30 heavy (non-hydrogen) atoms. The first-order chi connectivity index (χ1) is 14.4. The summed E-state index contributed by atoms with van der Waals surface area (Å²) in [6.07, 6.45) is 1.84. The van der Waals surface area contributed by atoms with Gasteiger partial charge in [-0.1, -0.05) is 24.3 Å². The Balaban J connectivity index is 1.65. The zero-order chi connectivity index (χ0) is 21.7. The van der Waals surface area contributed by atoms with Crippen LogP contribution in [-0.4, -0.2) is 42.6 Å². The van der Waals surface area contributed by atoms with E-state index in [9.17, 15) is 23.2 Å². The van der Waals surface area contributed by atoms with Crippen molar-refractivity contribution in [3.05, 3.63) is 71.4 Å². The largest absolute Gasteiger partial charge is 0.467 e. The molecule has 2 aromatic carbocycles. The number of nitrogens with one attached hydrogen (secondary N) is 2. The molecule has 0 aliphatic rings. The third-order valence-electron chi connectivity index (χ3n) is 4.42. The van der Waals surface area contributed by atoms with Crippen LogP contribution < -0.4 is 5.32 Å². The molecule has 0 saturated carbocycles. The Hall–Kier alpha value is -3.75. The maximum atomic E-state index is 13.6. The summed E-state index contributed by atoms with van der Waals surface area (Å²) in [4.78, 5) is 39.2. The predicted molar refractivity (Wildman–Crippen MR) is 103 cm³/mol. The number of rotatable bonds is 7. The number of carbonyl (C=O) groups excluding carboxylic acids is 3. The molecule has 156 valence electrons. The van der Waals surface area contributed by atoms with Crippen LogP contribution in [-0.2, 0) is 25.5 Å². The number of hydrogen-bond donors (Lipinski definition) is 2. The normalized spacial score (nSPS) is 11.7. The van der Waals surface area contributed by atoms with Crippen LogP contribution in [0.25, 0.3) is 10.9 Å². The molecule has 0 bridgehead atoms. The number of fused-ring (bicyclic) bond motifs is 1. The summed E-state index contributed by atoms with van der Waals surface area (Å²) >= 11 is 0. The number of aromatic nitrogens is 1. The number of carbonyl (C=O) groups is 3. The van der Waals surface area contributed by atoms with Crippen molar-refractivity contribution in [1.82, 2.24) is 10.3 Å². The monoisotopic (exact) mass is 416 g/mol. The first kappa shape index (κ1) is 21.0. The number of para-hydroxylation sites is 1. The lowest BCUT2D eigenvalue weighted by atomic mass is 10.0. The molecule has 0 aliphatic heterocycles. The fourth-order valence-electron chi connectivity index (χ4n) is 2.99. The lowest BCUT2D eigenvalue weighted by molar-refractivity contribution is -0.145. The second-order valence-electron chi connectivity index (χ2n) is 6.38. The number of benzene rings is 2. The summed E-state index contributed by atoms with van der Waals surface area (Å²) < 4.78 is 36.7. The zero-order valence-corrected chi connectivity index (χ0v) is 15.9. The van der Waals surface area contributed by atoms with E-state index in [1.165, 1.54) is 7.11 Å². The third-order valence-corrected chi connectivity index (χ3v) is 4.42. The van der Waals surface area contributed by atoms with E-state index < -0.39 is 47.7 Å². The van der Waals surface area contributed by atoms with Gasteiger partial charge in [0.15, 0.2) is 6.61 Å². The molecule has 0 spiro atoms. The van der Waals surface area contributed by atoms with Crippen LogP contribution in [0.4, 0.5) is 8.78 Å². The van der Waals surface area contributed by atoms with E-state index in [2.05, 4.69) is 15.0 Å². The molecule has 0 saturated heterocycles. The van der Waals surface area contributed by atoms with Gasteiger partial charge in [-0.25, -0.2) is 18.4 Å². The van der Waals surface area contributed by atoms with E-state index in [-0.39, 0.29) is 6.42 Å². The van der Waals surface area contributed by atoms with Crippen molar-refractivity contribution in [2.75, 3.05) is 13.7 Å². The molecule has 3 rings (SSSR count). The molecule has 0 aliphatic carbocycles. The number of methoxy groups -OCH3 is 1. The quantitative estimate of drug-likeness (QED) is 0.577. The smallest absolute Gasteiger partial charge is 0.344 e. The lowest BCUT2D eigenvalue weighted by Crippen LogP contribution is -2.44. The van der Waals surface area contributed by atoms with Crippen LogP contribution in [0.5, 0.6) is 0 Å². The van der Waals surface area contributed by atoms with E-state index >= 15 is 0 Å². The van der Waals surface area contributed by atoms with E-state index in [4.69, 9.17) is 4.74 Å². The summed E-state index contributed by atoms with van der Waals surface area (Å²) in [6, 6.07) is 9.27. The first-order valence-electron chi connectivity index (χ1n) is 8.94. The van der Waals surface area contributed by atoms with Gasteiger partial charge in [-0.3, -0.25) is 4.79 Å². The van der Waals surface area contributed by atoms with Gasteiger partial charge in [-0.15, -0.1) is 0 Å². The highest BCUT2D eigenvalue weighted by atomic mass is 19.1. The van der Waals surface area contributed by atoms with Gasteiger partial charge in [0, 0.05) is 23.5 Å². The van der Waals surface area contributed by atoms with Crippen molar-refractivity contribution in [3.63, 3.8) is 0 Å². The van der Waals surface area contributed by atoms with Crippen LogP contribution in [0.3, 0.4) is 0 Å². The summed E-state index contributed by atoms with van der Waals surface area (Å²) in [5, 5.41) is 3.29. The predicted octanol–water partition coefficient (Wildman–Crippen LogP) is 2.50. The standard InChI is InChI=1S/C21H18F2N2O5/c1-29-20(27)17(9-12-10-24-16-8-3-2-5-13(12)16)25-18(26)11-30-21(28)19-14(22)6-4-7-15(19)23/h2-8,10,17,24H,9,11H2,1H3,(H,25,26)/t17-/m1/s1. The summed E-state index contributed by atoms with van der Waals surface area (Å²) in [5.74, 6) is -5.05. The Morgan fingerprint density at radius 1 is 1.07 bits per heavy atom. The van der Waals surface area contributed by atoms with Gasteiger partial charge in [0.25, 0.3) is 5.91 Å². The van der Waals surface area contributed by atoms with E-state index in [1.807, 2.05) is 24.3 Å². The molecule has 1 aromatic heterocycles. The molecule has 1 amide bonds. The highest BCUT2D eigenvalue weighted by molar-refractivity contribution is 5.92. The summed E-state index contributed by atoms with van der Waals surface area (Å²) in [5.41, 5.74) is 0.739. The van der Waals surface area contributed by atoms with Crippen LogP contribution >= 0.6 is 0 Å². The molecule has 7 nitrogen and oxygen atoms in total. The van der Waals surface area contributed by atoms with Gasteiger partial charge in [0.1, 0.15) is 23.2 Å². The second kappa shape index (κ2) is 9.17. The third kappa shape index (κ3) is 4.62. The Morgan fingerprint density at radius 3 is 2.47 bits per heavy atom. The first-order valence-corrected chi connectivity index (χ1v) is 8.94. The highest BCUT2D eigenvalue weighted by Gasteiger charge is 2.25. The molecule has 0 radical (unpaired) electrons. The maximum Gasteiger partial charge on any atom is 0.344 e. The van der Waals surface area contributed by atoms with Crippen LogP contribution in [0, 0.1) is 11.6 Å². The minimum atomic E-state index is -1.33. The van der Waals surface area contributed by atoms with Gasteiger partial charge in [0.2, 0.25) is 0 Å². The number of amides is 1. The van der Waals surface area contributed by atoms with Crippen LogP contribution in [0.15, 0.2) is 48.7 Å². The molecule has 0 unspecified atom stereocenters. The van der Waals surface area contributed by atoms with Crippen LogP contribution in [0.1, 0.15) is 15.9 Å². The van der Waals surface area contributed by atoms with E-state index in [0.717, 1.165) is 34.7 Å². The number of hydrogen-bond acceptors (Lipinski definition) is 5. The van der Waals surface area contributed by atoms with Crippen LogP contribution in [0.2, 0.25) is 0 Å². The van der Waals surface area contributed by atoms with Gasteiger partial charge < -0.3 is 19.8 Å². The van der Waals surface area contributed by atoms with E-state index in [1.54, 1.807) is 6.20 Å². The maximum absolute atomic E-state index is 13.6. The van der Waals surface area contributed by atoms with Gasteiger partial charge in [0.05, 0.1) is 7.11 Å². The van der Waals surface area contributed by atoms with Crippen molar-refractivity contribution < 1.29 is 32.6 Å². The number of H-pyrrole nitrogens is 1. The highest BCUT2D eigenvalue weighted by Crippen LogP contribution is 2.19. The van der Waals surface area contributed by atoms with Crippen molar-refractivity contribution in [3.8, 4) is 0 Å². The van der Waals surface area contributed by atoms with Crippen molar-refractivity contribution in [2.24, 2.45) is 0 Å². The SMILES string of the molecule is COC(=O)[C@@H](Cc1c[nH]c2ccccc12)NC(=O)COC(=O)c1c(F)cccc1F. The lowest BCUT2D eigenvalue weighted by Gasteiger charge is -2.16. The molecular weight excluding hydrogens is 398 g/mol. The summed E-state index contributed by atoms with van der Waals surface area (Å²) in [6.45, 7) is -0.825. The molecule has 3 aromatic rings. The Labute approximate surface area is 170 Å². The fourth-order valence-corrected chi connectivity index (χ4v) is 2.99. The number of aromatic amines is 1. The molecule has 1 heterocycles. The summed E-state index contributed by atoms with van der Waals surface area (Å²) in [7, 11) is 1.18. The van der Waals surface area contributed by atoms with Crippen molar-refractivity contribution in [1.29, 1.82) is 0 Å². The molecular formula is C21H18F2N2O5. The average molecular weight is 416 g/mol. The molecule has 1 atom stereocenters. The average Bonchev–Trinajstić information content (AvgIpc) is 3.14. The molecule has 9 heteroatoms. The number of ether oxygens (including phenoxy) is 2. The van der Waals surface area contributed by atoms with E-state index in [0.29, 0.717) is 0 Å². The Morgan fingerprint density at radius 2 is 1.77 bits per heavy atom. The number of halogens is 2. The Bertz CT molecular complexity index is 1080. The van der Waals surface area contributed by atoms with Crippen molar-refractivity contribution >= 4 is 28.7 Å². The number of esters is 2. The van der Waals surface area contributed by atoms with Gasteiger partial charge in [-0.2, -0.15) is 0 Å². The fraction of sp³-hybridized carbons (Fsp3) is 0.190. The Kier molecular flexibility index (Phi) is 6.41. The molecule has 2 N–H and O–H groups in total. The zero-order valence-electron chi connectivity index (χ0n) is 15.9.